The Bertz CT molecular complexity index is 455. The fourth-order valence-corrected chi connectivity index (χ4v) is 2.26. The number of halogens is 1. The van der Waals surface area contributed by atoms with Crippen LogP contribution in [0.4, 0.5) is 11.4 Å². The summed E-state index contributed by atoms with van der Waals surface area (Å²) in [7, 11) is 0. The first-order chi connectivity index (χ1) is 8.63. The molecule has 0 radical (unpaired) electrons. The van der Waals surface area contributed by atoms with E-state index in [4.69, 9.17) is 22.1 Å². The zero-order valence-corrected chi connectivity index (χ0v) is 10.5. The van der Waals surface area contributed by atoms with Crippen molar-refractivity contribution in [3.8, 4) is 0 Å². The minimum absolute atomic E-state index is 0.0585. The number of nitrogens with two attached hydrogens (primary N) is 1. The van der Waals surface area contributed by atoms with E-state index in [1.807, 2.05) is 4.90 Å². The Hall–Kier alpha value is -1.37. The highest BCUT2D eigenvalue weighted by atomic mass is 35.5. The number of nitro benzene ring substituents is 1. The quantitative estimate of drug-likeness (QED) is 0.664. The van der Waals surface area contributed by atoms with Gasteiger partial charge in [0, 0.05) is 19.6 Å². The van der Waals surface area contributed by atoms with Crippen LogP contribution < -0.4 is 10.6 Å². The summed E-state index contributed by atoms with van der Waals surface area (Å²) in [6, 6.07) is 4.92. The van der Waals surface area contributed by atoms with Gasteiger partial charge in [0.15, 0.2) is 0 Å². The highest BCUT2D eigenvalue weighted by Gasteiger charge is 2.27. The number of morpholine rings is 1. The largest absolute Gasteiger partial charge is 0.373 e. The van der Waals surface area contributed by atoms with Crippen molar-refractivity contribution in [2.45, 2.75) is 6.10 Å². The summed E-state index contributed by atoms with van der Waals surface area (Å²) in [5, 5.41) is 11.2. The van der Waals surface area contributed by atoms with Crippen LogP contribution in [0.3, 0.4) is 0 Å². The van der Waals surface area contributed by atoms with Crippen LogP contribution in [0.25, 0.3) is 0 Å². The first-order valence-corrected chi connectivity index (χ1v) is 6.00. The average Bonchev–Trinajstić information content (AvgIpc) is 2.38. The van der Waals surface area contributed by atoms with E-state index in [1.165, 1.54) is 6.07 Å². The Morgan fingerprint density at radius 3 is 3.06 bits per heavy atom. The fraction of sp³-hybridized carbons (Fsp3) is 0.455. The number of benzene rings is 1. The van der Waals surface area contributed by atoms with E-state index in [2.05, 4.69) is 0 Å². The summed E-state index contributed by atoms with van der Waals surface area (Å²) < 4.78 is 5.44. The summed E-state index contributed by atoms with van der Waals surface area (Å²) in [5.74, 6) is 0. The Morgan fingerprint density at radius 2 is 2.39 bits per heavy atom. The van der Waals surface area contributed by atoms with Gasteiger partial charge < -0.3 is 15.4 Å². The molecule has 1 aliphatic rings. The van der Waals surface area contributed by atoms with Crippen LogP contribution in [-0.2, 0) is 4.74 Å². The summed E-state index contributed by atoms with van der Waals surface area (Å²) in [6.07, 6.45) is -0.0997. The van der Waals surface area contributed by atoms with Gasteiger partial charge >= 0.3 is 5.69 Å². The molecule has 0 aromatic heterocycles. The fourth-order valence-electron chi connectivity index (χ4n) is 2.02. The average molecular weight is 272 g/mol. The molecule has 0 aliphatic carbocycles. The third-order valence-corrected chi connectivity index (χ3v) is 3.20. The first kappa shape index (κ1) is 13.1. The molecule has 0 saturated carbocycles. The predicted molar refractivity (Wildman–Crippen MR) is 69.1 cm³/mol. The molecule has 6 nitrogen and oxygen atoms in total. The van der Waals surface area contributed by atoms with Crippen molar-refractivity contribution >= 4 is 23.0 Å². The van der Waals surface area contributed by atoms with Crippen molar-refractivity contribution in [2.75, 3.05) is 31.1 Å². The molecule has 18 heavy (non-hydrogen) atoms. The van der Waals surface area contributed by atoms with E-state index in [9.17, 15) is 10.1 Å². The molecular weight excluding hydrogens is 258 g/mol. The Balaban J connectivity index is 2.32. The van der Waals surface area contributed by atoms with Crippen molar-refractivity contribution in [3.05, 3.63) is 33.3 Å². The number of rotatable bonds is 3. The van der Waals surface area contributed by atoms with Gasteiger partial charge in [-0.15, -0.1) is 0 Å². The van der Waals surface area contributed by atoms with Gasteiger partial charge in [-0.2, -0.15) is 0 Å². The first-order valence-electron chi connectivity index (χ1n) is 5.63. The minimum Gasteiger partial charge on any atom is -0.373 e. The van der Waals surface area contributed by atoms with Gasteiger partial charge in [-0.25, -0.2) is 0 Å². The molecule has 1 atom stereocenters. The molecule has 1 aliphatic heterocycles. The molecule has 1 aromatic rings. The molecule has 0 amide bonds. The van der Waals surface area contributed by atoms with Crippen LogP contribution in [0.1, 0.15) is 0 Å². The molecule has 2 N–H and O–H groups in total. The van der Waals surface area contributed by atoms with Gasteiger partial charge in [0.05, 0.1) is 17.6 Å². The minimum atomic E-state index is -0.454. The van der Waals surface area contributed by atoms with E-state index in [0.29, 0.717) is 31.9 Å². The zero-order valence-electron chi connectivity index (χ0n) is 9.71. The maximum Gasteiger partial charge on any atom is 0.310 e. The number of nitrogens with zero attached hydrogens (tertiary/aromatic N) is 2. The number of anilines is 1. The second-order valence-electron chi connectivity index (χ2n) is 4.04. The lowest BCUT2D eigenvalue weighted by molar-refractivity contribution is -0.384. The Labute approximate surface area is 109 Å². The smallest absolute Gasteiger partial charge is 0.310 e. The monoisotopic (exact) mass is 271 g/mol. The molecular formula is C11H14ClN3O3. The summed E-state index contributed by atoms with van der Waals surface area (Å²) >= 11 is 5.89. The van der Waals surface area contributed by atoms with E-state index < -0.39 is 4.92 Å². The van der Waals surface area contributed by atoms with Crippen molar-refractivity contribution < 1.29 is 9.66 Å². The summed E-state index contributed by atoms with van der Waals surface area (Å²) in [4.78, 5) is 12.5. The molecule has 7 heteroatoms. The van der Waals surface area contributed by atoms with E-state index in [1.54, 1.807) is 12.1 Å². The van der Waals surface area contributed by atoms with E-state index in [0.717, 1.165) is 0 Å². The van der Waals surface area contributed by atoms with Gasteiger partial charge in [0.25, 0.3) is 0 Å². The molecule has 1 unspecified atom stereocenters. The van der Waals surface area contributed by atoms with Gasteiger partial charge in [-0.05, 0) is 12.1 Å². The van der Waals surface area contributed by atoms with Gasteiger partial charge in [0.2, 0.25) is 0 Å². The number of nitro groups is 1. The second-order valence-corrected chi connectivity index (χ2v) is 4.45. The number of para-hydroxylation sites is 1. The molecule has 1 heterocycles. The third-order valence-electron chi connectivity index (χ3n) is 2.89. The van der Waals surface area contributed by atoms with Crippen LogP contribution in [0.5, 0.6) is 0 Å². The van der Waals surface area contributed by atoms with Crippen LogP contribution in [-0.4, -0.2) is 37.3 Å². The maximum atomic E-state index is 11.1. The van der Waals surface area contributed by atoms with Crippen molar-refractivity contribution in [1.82, 2.24) is 0 Å². The Morgan fingerprint density at radius 1 is 1.61 bits per heavy atom. The number of hydrogen-bond acceptors (Lipinski definition) is 5. The highest BCUT2D eigenvalue weighted by Crippen LogP contribution is 2.35. The maximum absolute atomic E-state index is 11.1. The molecule has 1 saturated heterocycles. The predicted octanol–water partition coefficient (Wildman–Crippen LogP) is 1.41. The molecule has 1 aromatic carbocycles. The standard InChI is InChI=1S/C11H14ClN3O3/c12-9-2-1-3-10(11(9)15(16)17)14-4-5-18-8(6-13)7-14/h1-3,8H,4-7,13H2. The Kier molecular flexibility index (Phi) is 4.00. The van der Waals surface area contributed by atoms with Gasteiger partial charge in [-0.3, -0.25) is 10.1 Å². The molecule has 2 rings (SSSR count). The van der Waals surface area contributed by atoms with Crippen molar-refractivity contribution in [2.24, 2.45) is 5.73 Å². The lowest BCUT2D eigenvalue weighted by Gasteiger charge is -2.33. The van der Waals surface area contributed by atoms with E-state index >= 15 is 0 Å². The van der Waals surface area contributed by atoms with Crippen LogP contribution >= 0.6 is 11.6 Å². The molecule has 0 bridgehead atoms. The SMILES string of the molecule is NCC1CN(c2cccc(Cl)c2[N+](=O)[O-])CCO1. The van der Waals surface area contributed by atoms with E-state index in [-0.39, 0.29) is 16.8 Å². The summed E-state index contributed by atoms with van der Waals surface area (Å²) in [6.45, 7) is 2.03. The lowest BCUT2D eigenvalue weighted by atomic mass is 10.2. The lowest BCUT2D eigenvalue weighted by Crippen LogP contribution is -2.45. The highest BCUT2D eigenvalue weighted by molar-refractivity contribution is 6.33. The summed E-state index contributed by atoms with van der Waals surface area (Å²) in [5.41, 5.74) is 6.02. The van der Waals surface area contributed by atoms with Crippen LogP contribution in [0.15, 0.2) is 18.2 Å². The topological polar surface area (TPSA) is 81.6 Å². The number of hydrogen-bond donors (Lipinski definition) is 1. The molecule has 98 valence electrons. The van der Waals surface area contributed by atoms with Gasteiger partial charge in [-0.1, -0.05) is 17.7 Å². The van der Waals surface area contributed by atoms with Crippen molar-refractivity contribution in [3.63, 3.8) is 0 Å². The van der Waals surface area contributed by atoms with Gasteiger partial charge in [0.1, 0.15) is 10.7 Å². The molecule has 1 fully saturated rings. The molecule has 0 spiro atoms. The normalized spacial score (nSPS) is 19.9. The van der Waals surface area contributed by atoms with Crippen LogP contribution in [0, 0.1) is 10.1 Å². The second kappa shape index (κ2) is 5.51. The van der Waals surface area contributed by atoms with Crippen LogP contribution in [0.2, 0.25) is 5.02 Å². The zero-order chi connectivity index (χ0) is 13.1. The number of ether oxygens (including phenoxy) is 1. The van der Waals surface area contributed by atoms with Crippen molar-refractivity contribution in [1.29, 1.82) is 0 Å². The third kappa shape index (κ3) is 2.55.